The number of hydrogen-bond donors (Lipinski definition) is 2. The van der Waals surface area contributed by atoms with Crippen LogP contribution in [0.25, 0.3) is 0 Å². The van der Waals surface area contributed by atoms with E-state index in [-0.39, 0.29) is 17.5 Å². The van der Waals surface area contributed by atoms with E-state index in [0.29, 0.717) is 13.0 Å². The highest BCUT2D eigenvalue weighted by atomic mass is 16.6. The lowest BCUT2D eigenvalue weighted by Gasteiger charge is -2.09. The van der Waals surface area contributed by atoms with Crippen LogP contribution < -0.4 is 10.6 Å². The van der Waals surface area contributed by atoms with Crippen LogP contribution in [-0.4, -0.2) is 30.5 Å². The highest BCUT2D eigenvalue weighted by Gasteiger charge is 2.21. The molecule has 0 bridgehead atoms. The zero-order valence-corrected chi connectivity index (χ0v) is 10.6. The van der Waals surface area contributed by atoms with Crippen molar-refractivity contribution < 1.29 is 9.72 Å². The molecular weight excluding hydrogens is 246 g/mol. The number of nitro groups is 1. The van der Waals surface area contributed by atoms with Crippen molar-refractivity contribution in [3.05, 3.63) is 39.9 Å². The second kappa shape index (κ2) is 6.29. The largest absolute Gasteiger partial charge is 0.355 e. The minimum atomic E-state index is -0.418. The van der Waals surface area contributed by atoms with Gasteiger partial charge in [0.15, 0.2) is 0 Å². The fourth-order valence-corrected chi connectivity index (χ4v) is 2.14. The number of nitro benzene ring substituents is 1. The summed E-state index contributed by atoms with van der Waals surface area (Å²) in [4.78, 5) is 21.8. The molecule has 2 N–H and O–H groups in total. The van der Waals surface area contributed by atoms with Crippen LogP contribution in [0.2, 0.25) is 0 Å². The van der Waals surface area contributed by atoms with Crippen LogP contribution in [0.15, 0.2) is 24.3 Å². The summed E-state index contributed by atoms with van der Waals surface area (Å²) in [5, 5.41) is 16.6. The summed E-state index contributed by atoms with van der Waals surface area (Å²) in [6.07, 6.45) is 1.58. The lowest BCUT2D eigenvalue weighted by Crippen LogP contribution is -2.33. The quantitative estimate of drug-likeness (QED) is 0.609. The number of rotatable bonds is 5. The Morgan fingerprint density at radius 3 is 2.74 bits per heavy atom. The lowest BCUT2D eigenvalue weighted by atomic mass is 10.1. The zero-order chi connectivity index (χ0) is 13.7. The van der Waals surface area contributed by atoms with E-state index in [4.69, 9.17) is 0 Å². The second-order valence-electron chi connectivity index (χ2n) is 4.65. The first kappa shape index (κ1) is 13.5. The predicted octanol–water partition coefficient (Wildman–Crippen LogP) is 0.863. The smallest absolute Gasteiger partial charge is 0.269 e. The van der Waals surface area contributed by atoms with E-state index in [1.807, 2.05) is 0 Å². The Bertz CT molecular complexity index is 453. The fourth-order valence-electron chi connectivity index (χ4n) is 2.14. The maximum Gasteiger partial charge on any atom is 0.269 e. The number of non-ortho nitro benzene ring substituents is 1. The second-order valence-corrected chi connectivity index (χ2v) is 4.65. The molecule has 6 nitrogen and oxygen atoms in total. The summed E-state index contributed by atoms with van der Waals surface area (Å²) in [6, 6.07) is 6.42. The molecule has 1 unspecified atom stereocenters. The van der Waals surface area contributed by atoms with Crippen molar-refractivity contribution in [1.29, 1.82) is 0 Å². The number of nitrogens with one attached hydrogen (secondary N) is 2. The van der Waals surface area contributed by atoms with Gasteiger partial charge in [-0.25, -0.2) is 0 Å². The first-order chi connectivity index (χ1) is 9.16. The molecular formula is C13H17N3O3. The Morgan fingerprint density at radius 1 is 1.42 bits per heavy atom. The van der Waals surface area contributed by atoms with Gasteiger partial charge in [0.25, 0.3) is 5.69 Å². The average molecular weight is 263 g/mol. The van der Waals surface area contributed by atoms with E-state index in [1.165, 1.54) is 12.1 Å². The molecule has 1 aliphatic heterocycles. The van der Waals surface area contributed by atoms with Crippen LogP contribution in [0, 0.1) is 16.0 Å². The Balaban J connectivity index is 1.75. The van der Waals surface area contributed by atoms with Gasteiger partial charge in [0.1, 0.15) is 0 Å². The Hall–Kier alpha value is -1.95. The molecule has 102 valence electrons. The third-order valence-corrected chi connectivity index (χ3v) is 3.29. The molecule has 0 aromatic heterocycles. The van der Waals surface area contributed by atoms with Gasteiger partial charge in [0.05, 0.1) is 10.8 Å². The van der Waals surface area contributed by atoms with Crippen LogP contribution in [0.5, 0.6) is 0 Å². The molecule has 19 heavy (non-hydrogen) atoms. The number of carbonyl (C=O) groups excluding carboxylic acids is 1. The number of hydrogen-bond acceptors (Lipinski definition) is 4. The topological polar surface area (TPSA) is 84.3 Å². The van der Waals surface area contributed by atoms with Crippen LogP contribution in [0.4, 0.5) is 5.69 Å². The van der Waals surface area contributed by atoms with Crippen molar-refractivity contribution in [3.63, 3.8) is 0 Å². The van der Waals surface area contributed by atoms with Gasteiger partial charge in [-0.2, -0.15) is 0 Å². The first-order valence-electron chi connectivity index (χ1n) is 6.38. The molecule has 6 heteroatoms. The van der Waals surface area contributed by atoms with Gasteiger partial charge in [-0.05, 0) is 24.9 Å². The molecule has 1 amide bonds. The van der Waals surface area contributed by atoms with Gasteiger partial charge in [-0.15, -0.1) is 0 Å². The van der Waals surface area contributed by atoms with Crippen molar-refractivity contribution in [2.45, 2.75) is 12.8 Å². The van der Waals surface area contributed by atoms with Crippen LogP contribution in [-0.2, 0) is 11.2 Å². The summed E-state index contributed by atoms with van der Waals surface area (Å²) in [7, 11) is 0. The highest BCUT2D eigenvalue weighted by molar-refractivity contribution is 5.79. The number of carbonyl (C=O) groups is 1. The maximum absolute atomic E-state index is 11.7. The first-order valence-corrected chi connectivity index (χ1v) is 6.38. The predicted molar refractivity (Wildman–Crippen MR) is 70.8 cm³/mol. The molecule has 1 atom stereocenters. The Morgan fingerprint density at radius 2 is 2.16 bits per heavy atom. The van der Waals surface area contributed by atoms with E-state index in [1.54, 1.807) is 12.1 Å². The maximum atomic E-state index is 11.7. The Labute approximate surface area is 111 Å². The lowest BCUT2D eigenvalue weighted by molar-refractivity contribution is -0.384. The SMILES string of the molecule is O=C(NCCc1ccc([N+](=O)[O-])cc1)C1CCNC1. The van der Waals surface area contributed by atoms with Crippen molar-refractivity contribution in [2.75, 3.05) is 19.6 Å². The standard InChI is InChI=1S/C13H17N3O3/c17-13(11-6-7-14-9-11)15-8-5-10-1-3-12(4-2-10)16(18)19/h1-4,11,14H,5-9H2,(H,15,17). The third-order valence-electron chi connectivity index (χ3n) is 3.29. The zero-order valence-electron chi connectivity index (χ0n) is 10.6. The van der Waals surface area contributed by atoms with Gasteiger partial charge in [-0.3, -0.25) is 14.9 Å². The van der Waals surface area contributed by atoms with E-state index in [9.17, 15) is 14.9 Å². The van der Waals surface area contributed by atoms with Gasteiger partial charge >= 0.3 is 0 Å². The molecule has 1 aromatic carbocycles. The average Bonchev–Trinajstić information content (AvgIpc) is 2.93. The third kappa shape index (κ3) is 3.75. The van der Waals surface area contributed by atoms with Crippen LogP contribution >= 0.6 is 0 Å². The van der Waals surface area contributed by atoms with Crippen LogP contribution in [0.1, 0.15) is 12.0 Å². The Kier molecular flexibility index (Phi) is 4.46. The molecule has 1 saturated heterocycles. The van der Waals surface area contributed by atoms with E-state index in [0.717, 1.165) is 25.1 Å². The number of amides is 1. The van der Waals surface area contributed by atoms with Crippen molar-refractivity contribution >= 4 is 11.6 Å². The summed E-state index contributed by atoms with van der Waals surface area (Å²) < 4.78 is 0. The molecule has 1 heterocycles. The molecule has 1 aromatic rings. The minimum absolute atomic E-state index is 0.0804. The van der Waals surface area contributed by atoms with Gasteiger partial charge < -0.3 is 10.6 Å². The number of benzene rings is 1. The fraction of sp³-hybridized carbons (Fsp3) is 0.462. The monoisotopic (exact) mass is 263 g/mol. The summed E-state index contributed by atoms with van der Waals surface area (Å²) in [6.45, 7) is 2.22. The normalized spacial score (nSPS) is 18.2. The molecule has 0 spiro atoms. The van der Waals surface area contributed by atoms with E-state index in [2.05, 4.69) is 10.6 Å². The summed E-state index contributed by atoms with van der Waals surface area (Å²) >= 11 is 0. The van der Waals surface area contributed by atoms with Crippen molar-refractivity contribution in [2.24, 2.45) is 5.92 Å². The molecule has 2 rings (SSSR count). The molecule has 1 fully saturated rings. The molecule has 0 saturated carbocycles. The molecule has 0 aliphatic carbocycles. The van der Waals surface area contributed by atoms with Gasteiger partial charge in [0.2, 0.25) is 5.91 Å². The van der Waals surface area contributed by atoms with Crippen LogP contribution in [0.3, 0.4) is 0 Å². The van der Waals surface area contributed by atoms with Crippen molar-refractivity contribution in [1.82, 2.24) is 10.6 Å². The number of nitrogens with zero attached hydrogens (tertiary/aromatic N) is 1. The van der Waals surface area contributed by atoms with Gasteiger partial charge in [0, 0.05) is 25.2 Å². The van der Waals surface area contributed by atoms with Crippen molar-refractivity contribution in [3.8, 4) is 0 Å². The minimum Gasteiger partial charge on any atom is -0.355 e. The summed E-state index contributed by atoms with van der Waals surface area (Å²) in [5.74, 6) is 0.170. The van der Waals surface area contributed by atoms with Gasteiger partial charge in [-0.1, -0.05) is 12.1 Å². The summed E-state index contributed by atoms with van der Waals surface area (Å²) in [5.41, 5.74) is 1.07. The molecule has 1 aliphatic rings. The molecule has 0 radical (unpaired) electrons. The highest BCUT2D eigenvalue weighted by Crippen LogP contribution is 2.12. The van der Waals surface area contributed by atoms with E-state index >= 15 is 0 Å². The van der Waals surface area contributed by atoms with E-state index < -0.39 is 4.92 Å².